The standard InChI is InChI=1S/C24H20FN3O3/c25-17-8-6-16(7-9-17)24-27-21-22(30)19(12-20(29)23(21)31-24)26-18-10-11-28(14-18)13-15-4-2-1-3-5-15/h1-9,12,18,26H,10-11,13-14H2. The molecule has 0 amide bonds. The first-order valence-corrected chi connectivity index (χ1v) is 10.2. The number of carbonyl (C=O) groups excluding carboxylic acids is 2. The van der Waals surface area contributed by atoms with Gasteiger partial charge in [-0.15, -0.1) is 0 Å². The number of likely N-dealkylation sites (tertiary alicyclic amines) is 1. The highest BCUT2D eigenvalue weighted by Crippen LogP contribution is 2.27. The van der Waals surface area contributed by atoms with Crippen LogP contribution < -0.4 is 5.32 Å². The zero-order chi connectivity index (χ0) is 21.4. The van der Waals surface area contributed by atoms with Crippen molar-refractivity contribution in [2.45, 2.75) is 19.0 Å². The van der Waals surface area contributed by atoms with E-state index in [-0.39, 0.29) is 34.9 Å². The predicted molar refractivity (Wildman–Crippen MR) is 112 cm³/mol. The lowest BCUT2D eigenvalue weighted by Crippen LogP contribution is -2.36. The van der Waals surface area contributed by atoms with Crippen molar-refractivity contribution in [1.29, 1.82) is 0 Å². The van der Waals surface area contributed by atoms with Gasteiger partial charge in [0.2, 0.25) is 23.2 Å². The fourth-order valence-corrected chi connectivity index (χ4v) is 4.01. The third-order valence-corrected chi connectivity index (χ3v) is 5.56. The van der Waals surface area contributed by atoms with Crippen LogP contribution in [-0.4, -0.2) is 40.6 Å². The molecule has 1 unspecified atom stereocenters. The number of aromatic nitrogens is 1. The number of hydrogen-bond donors (Lipinski definition) is 1. The van der Waals surface area contributed by atoms with Crippen molar-refractivity contribution in [3.63, 3.8) is 0 Å². The van der Waals surface area contributed by atoms with Gasteiger partial charge in [-0.25, -0.2) is 9.37 Å². The summed E-state index contributed by atoms with van der Waals surface area (Å²) in [5.41, 5.74) is 1.97. The van der Waals surface area contributed by atoms with E-state index in [1.54, 1.807) is 0 Å². The van der Waals surface area contributed by atoms with Gasteiger partial charge in [-0.1, -0.05) is 30.3 Å². The summed E-state index contributed by atoms with van der Waals surface area (Å²) in [6.07, 6.45) is 2.16. The molecule has 0 radical (unpaired) electrons. The molecule has 0 bridgehead atoms. The van der Waals surface area contributed by atoms with Crippen LogP contribution in [-0.2, 0) is 6.54 Å². The number of hydrogen-bond acceptors (Lipinski definition) is 6. The molecular formula is C24H20FN3O3. The topological polar surface area (TPSA) is 75.4 Å². The molecular weight excluding hydrogens is 397 g/mol. The predicted octanol–water partition coefficient (Wildman–Crippen LogP) is 3.61. The first-order chi connectivity index (χ1) is 15.1. The van der Waals surface area contributed by atoms with Gasteiger partial charge < -0.3 is 9.73 Å². The van der Waals surface area contributed by atoms with Crippen molar-refractivity contribution in [1.82, 2.24) is 15.2 Å². The van der Waals surface area contributed by atoms with Crippen molar-refractivity contribution < 1.29 is 18.4 Å². The second-order valence-corrected chi connectivity index (χ2v) is 7.81. The van der Waals surface area contributed by atoms with Gasteiger partial charge in [0.05, 0.1) is 5.70 Å². The second kappa shape index (κ2) is 7.92. The zero-order valence-electron chi connectivity index (χ0n) is 16.7. The van der Waals surface area contributed by atoms with Crippen molar-refractivity contribution in [2.75, 3.05) is 13.1 Å². The molecule has 1 atom stereocenters. The molecule has 1 N–H and O–H groups in total. The Balaban J connectivity index is 1.28. The molecule has 2 aliphatic rings. The Hall–Kier alpha value is -3.58. The summed E-state index contributed by atoms with van der Waals surface area (Å²) < 4.78 is 18.7. The van der Waals surface area contributed by atoms with E-state index >= 15 is 0 Å². The monoisotopic (exact) mass is 417 g/mol. The molecule has 3 aromatic rings. The maximum absolute atomic E-state index is 13.2. The van der Waals surface area contributed by atoms with Crippen molar-refractivity contribution in [2.24, 2.45) is 0 Å². The summed E-state index contributed by atoms with van der Waals surface area (Å²) in [4.78, 5) is 32.0. The molecule has 0 saturated carbocycles. The highest BCUT2D eigenvalue weighted by molar-refractivity contribution is 6.22. The molecule has 1 saturated heterocycles. The first-order valence-electron chi connectivity index (χ1n) is 10.2. The van der Waals surface area contributed by atoms with Crippen LogP contribution in [0.2, 0.25) is 0 Å². The van der Waals surface area contributed by atoms with Gasteiger partial charge in [0.25, 0.3) is 0 Å². The van der Waals surface area contributed by atoms with Crippen LogP contribution in [0.1, 0.15) is 33.0 Å². The molecule has 1 aliphatic carbocycles. The van der Waals surface area contributed by atoms with E-state index in [0.29, 0.717) is 5.56 Å². The number of rotatable bonds is 5. The van der Waals surface area contributed by atoms with E-state index in [1.807, 2.05) is 18.2 Å². The molecule has 0 spiro atoms. The molecule has 7 heteroatoms. The molecule has 1 aromatic heterocycles. The Kier molecular flexibility index (Phi) is 4.95. The Bertz CT molecular complexity index is 1170. The van der Waals surface area contributed by atoms with Crippen molar-refractivity contribution in [3.8, 4) is 11.5 Å². The number of oxazole rings is 1. The molecule has 2 aromatic carbocycles. The number of nitrogens with zero attached hydrogens (tertiary/aromatic N) is 2. The zero-order valence-corrected chi connectivity index (χ0v) is 16.7. The molecule has 1 aliphatic heterocycles. The van der Waals surface area contributed by atoms with Gasteiger partial charge in [-0.3, -0.25) is 14.5 Å². The van der Waals surface area contributed by atoms with E-state index in [9.17, 15) is 14.0 Å². The average molecular weight is 417 g/mol. The molecule has 5 rings (SSSR count). The van der Waals surface area contributed by atoms with Crippen molar-refractivity contribution >= 4 is 11.6 Å². The maximum atomic E-state index is 13.2. The number of halogens is 1. The smallest absolute Gasteiger partial charge is 0.231 e. The number of carbonyl (C=O) groups is 2. The number of allylic oxidation sites excluding steroid dienone is 2. The number of benzene rings is 2. The molecule has 2 heterocycles. The summed E-state index contributed by atoms with van der Waals surface area (Å²) >= 11 is 0. The van der Waals surface area contributed by atoms with Crippen LogP contribution in [0.15, 0.2) is 70.8 Å². The highest BCUT2D eigenvalue weighted by Gasteiger charge is 2.34. The molecule has 156 valence electrons. The lowest BCUT2D eigenvalue weighted by atomic mass is 10.0. The van der Waals surface area contributed by atoms with Gasteiger partial charge in [-0.05, 0) is 36.2 Å². The van der Waals surface area contributed by atoms with Gasteiger partial charge >= 0.3 is 0 Å². The Morgan fingerprint density at radius 1 is 1.10 bits per heavy atom. The van der Waals surface area contributed by atoms with Crippen LogP contribution >= 0.6 is 0 Å². The van der Waals surface area contributed by atoms with Crippen LogP contribution in [0.5, 0.6) is 0 Å². The van der Waals surface area contributed by atoms with Crippen LogP contribution in [0.3, 0.4) is 0 Å². The van der Waals surface area contributed by atoms with E-state index in [1.165, 1.54) is 35.9 Å². The Morgan fingerprint density at radius 3 is 2.65 bits per heavy atom. The van der Waals surface area contributed by atoms with Gasteiger partial charge in [-0.2, -0.15) is 0 Å². The van der Waals surface area contributed by atoms with Crippen LogP contribution in [0.4, 0.5) is 4.39 Å². The minimum absolute atomic E-state index is 0.00605. The Labute approximate surface area is 178 Å². The summed E-state index contributed by atoms with van der Waals surface area (Å²) in [6, 6.07) is 15.8. The van der Waals surface area contributed by atoms with Gasteiger partial charge in [0.15, 0.2) is 5.69 Å². The first kappa shape index (κ1) is 19.4. The SMILES string of the molecule is O=C1C(NC2CCN(Cc3ccccc3)C2)=CC(=O)c2oc(-c3ccc(F)cc3)nc21. The molecule has 31 heavy (non-hydrogen) atoms. The minimum Gasteiger partial charge on any atom is -0.432 e. The maximum Gasteiger partial charge on any atom is 0.231 e. The van der Waals surface area contributed by atoms with E-state index in [0.717, 1.165) is 26.1 Å². The third-order valence-electron chi connectivity index (χ3n) is 5.56. The summed E-state index contributed by atoms with van der Waals surface area (Å²) in [6.45, 7) is 2.53. The van der Waals surface area contributed by atoms with Gasteiger partial charge in [0.1, 0.15) is 5.82 Å². The largest absolute Gasteiger partial charge is 0.432 e. The number of fused-ring (bicyclic) bond motifs is 1. The quantitative estimate of drug-likeness (QED) is 0.684. The lowest BCUT2D eigenvalue weighted by molar-refractivity contribution is 0.0958. The van der Waals surface area contributed by atoms with Crippen LogP contribution in [0, 0.1) is 5.82 Å². The highest BCUT2D eigenvalue weighted by atomic mass is 19.1. The number of nitrogens with one attached hydrogen (secondary N) is 1. The summed E-state index contributed by atoms with van der Waals surface area (Å²) in [5.74, 6) is -1.12. The van der Waals surface area contributed by atoms with E-state index in [4.69, 9.17) is 4.42 Å². The fraction of sp³-hybridized carbons (Fsp3) is 0.208. The fourth-order valence-electron chi connectivity index (χ4n) is 4.01. The average Bonchev–Trinajstić information content (AvgIpc) is 3.41. The molecule has 1 fully saturated rings. The summed E-state index contributed by atoms with van der Waals surface area (Å²) in [7, 11) is 0. The second-order valence-electron chi connectivity index (χ2n) is 7.81. The number of ketones is 2. The van der Waals surface area contributed by atoms with Crippen molar-refractivity contribution in [3.05, 3.63) is 89.2 Å². The van der Waals surface area contributed by atoms with E-state index < -0.39 is 11.6 Å². The third kappa shape index (κ3) is 3.92. The lowest BCUT2D eigenvalue weighted by Gasteiger charge is -2.19. The minimum atomic E-state index is -0.405. The summed E-state index contributed by atoms with van der Waals surface area (Å²) in [5, 5.41) is 3.23. The molecule has 6 nitrogen and oxygen atoms in total. The van der Waals surface area contributed by atoms with Gasteiger partial charge in [0, 0.05) is 37.3 Å². The van der Waals surface area contributed by atoms with E-state index in [2.05, 4.69) is 27.3 Å². The number of Topliss-reactive ketones (excluding diaryl/α,β-unsaturated/α-hetero) is 1. The normalized spacial score (nSPS) is 18.7. The Morgan fingerprint density at radius 2 is 1.87 bits per heavy atom. The van der Waals surface area contributed by atoms with Crippen LogP contribution in [0.25, 0.3) is 11.5 Å².